The summed E-state index contributed by atoms with van der Waals surface area (Å²) in [6, 6.07) is 15.9. The van der Waals surface area contributed by atoms with Crippen molar-refractivity contribution in [2.75, 3.05) is 12.4 Å². The molecule has 0 radical (unpaired) electrons. The zero-order chi connectivity index (χ0) is 14.6. The summed E-state index contributed by atoms with van der Waals surface area (Å²) in [5, 5.41) is 2.96. The molecule has 0 saturated carbocycles. The molecule has 0 amide bonds. The summed E-state index contributed by atoms with van der Waals surface area (Å²) >= 11 is 0. The van der Waals surface area contributed by atoms with E-state index in [0.717, 1.165) is 11.3 Å². The first kappa shape index (κ1) is 14.6. The number of sulfonamides is 1. The Balaban J connectivity index is 2.18. The molecule has 0 aromatic heterocycles. The first-order chi connectivity index (χ1) is 9.53. The first-order valence-electron chi connectivity index (χ1n) is 6.38. The fourth-order valence-electron chi connectivity index (χ4n) is 1.91. The molecule has 2 rings (SSSR count). The number of hydrogen-bond donors (Lipinski definition) is 2. The van der Waals surface area contributed by atoms with Crippen molar-refractivity contribution in [2.24, 2.45) is 0 Å². The van der Waals surface area contributed by atoms with Gasteiger partial charge in [0.25, 0.3) is 0 Å². The third-order valence-corrected chi connectivity index (χ3v) is 4.64. The van der Waals surface area contributed by atoms with Crippen LogP contribution < -0.4 is 10.0 Å². The van der Waals surface area contributed by atoms with Crippen LogP contribution in [0.15, 0.2) is 59.5 Å². The Labute approximate surface area is 119 Å². The summed E-state index contributed by atoms with van der Waals surface area (Å²) in [5.74, 6) is 0. The predicted octanol–water partition coefficient (Wildman–Crippen LogP) is 2.77. The molecule has 1 unspecified atom stereocenters. The SMILES string of the molecule is CNc1ccc(S(=O)(=O)NC(C)c2ccccc2)cc1. The van der Waals surface area contributed by atoms with Crippen LogP contribution in [-0.4, -0.2) is 15.5 Å². The van der Waals surface area contributed by atoms with Crippen LogP contribution in [0.1, 0.15) is 18.5 Å². The molecule has 5 heteroatoms. The third-order valence-electron chi connectivity index (χ3n) is 3.08. The van der Waals surface area contributed by atoms with E-state index in [1.165, 1.54) is 0 Å². The molecule has 2 N–H and O–H groups in total. The van der Waals surface area contributed by atoms with Crippen molar-refractivity contribution in [1.82, 2.24) is 4.72 Å². The Morgan fingerprint density at radius 1 is 0.950 bits per heavy atom. The van der Waals surface area contributed by atoms with Crippen LogP contribution in [0.5, 0.6) is 0 Å². The van der Waals surface area contributed by atoms with E-state index in [1.54, 1.807) is 31.3 Å². The van der Waals surface area contributed by atoms with Gasteiger partial charge in [-0.3, -0.25) is 0 Å². The van der Waals surface area contributed by atoms with Crippen LogP contribution in [0.2, 0.25) is 0 Å². The van der Waals surface area contributed by atoms with Gasteiger partial charge in [-0.05, 0) is 36.8 Å². The molecule has 2 aromatic rings. The third kappa shape index (κ3) is 3.37. The highest BCUT2D eigenvalue weighted by Gasteiger charge is 2.17. The topological polar surface area (TPSA) is 58.2 Å². The van der Waals surface area contributed by atoms with Crippen LogP contribution >= 0.6 is 0 Å². The van der Waals surface area contributed by atoms with Crippen molar-refractivity contribution in [3.63, 3.8) is 0 Å². The molecule has 4 nitrogen and oxygen atoms in total. The minimum Gasteiger partial charge on any atom is -0.388 e. The summed E-state index contributed by atoms with van der Waals surface area (Å²) in [5.41, 5.74) is 1.81. The van der Waals surface area contributed by atoms with Crippen molar-refractivity contribution in [2.45, 2.75) is 17.9 Å². The van der Waals surface area contributed by atoms with Gasteiger partial charge in [-0.15, -0.1) is 0 Å². The lowest BCUT2D eigenvalue weighted by Gasteiger charge is -2.14. The van der Waals surface area contributed by atoms with E-state index in [4.69, 9.17) is 0 Å². The summed E-state index contributed by atoms with van der Waals surface area (Å²) < 4.78 is 27.2. The molecule has 1 atom stereocenters. The molecular formula is C15H18N2O2S. The van der Waals surface area contributed by atoms with Gasteiger partial charge >= 0.3 is 0 Å². The maximum Gasteiger partial charge on any atom is 0.241 e. The molecule has 0 aliphatic heterocycles. The summed E-state index contributed by atoms with van der Waals surface area (Å²) in [6.45, 7) is 1.83. The fourth-order valence-corrected chi connectivity index (χ4v) is 3.14. The van der Waals surface area contributed by atoms with Gasteiger partial charge in [0.1, 0.15) is 0 Å². The van der Waals surface area contributed by atoms with Gasteiger partial charge in [-0.1, -0.05) is 30.3 Å². The van der Waals surface area contributed by atoms with E-state index in [9.17, 15) is 8.42 Å². The Bertz CT molecular complexity index is 652. The number of nitrogens with one attached hydrogen (secondary N) is 2. The number of hydrogen-bond acceptors (Lipinski definition) is 3. The van der Waals surface area contributed by atoms with Crippen LogP contribution in [0.3, 0.4) is 0 Å². The van der Waals surface area contributed by atoms with Crippen molar-refractivity contribution in [1.29, 1.82) is 0 Å². The molecule has 0 fully saturated rings. The lowest BCUT2D eigenvalue weighted by Crippen LogP contribution is -2.26. The van der Waals surface area contributed by atoms with E-state index in [0.29, 0.717) is 0 Å². The molecule has 2 aromatic carbocycles. The second kappa shape index (κ2) is 6.07. The largest absolute Gasteiger partial charge is 0.388 e. The molecule has 0 aliphatic rings. The zero-order valence-electron chi connectivity index (χ0n) is 11.5. The van der Waals surface area contributed by atoms with Gasteiger partial charge in [0, 0.05) is 18.8 Å². The smallest absolute Gasteiger partial charge is 0.241 e. The maximum absolute atomic E-state index is 12.3. The number of benzene rings is 2. The minimum atomic E-state index is -3.51. The predicted molar refractivity (Wildman–Crippen MR) is 81.2 cm³/mol. The second-order valence-electron chi connectivity index (χ2n) is 4.53. The van der Waals surface area contributed by atoms with Gasteiger partial charge in [-0.25, -0.2) is 13.1 Å². The monoisotopic (exact) mass is 290 g/mol. The number of rotatable bonds is 5. The van der Waals surface area contributed by atoms with Crippen LogP contribution in [0.25, 0.3) is 0 Å². The normalized spacial score (nSPS) is 12.9. The van der Waals surface area contributed by atoms with E-state index >= 15 is 0 Å². The second-order valence-corrected chi connectivity index (χ2v) is 6.24. The van der Waals surface area contributed by atoms with Crippen LogP contribution in [-0.2, 0) is 10.0 Å². The first-order valence-corrected chi connectivity index (χ1v) is 7.86. The average Bonchev–Trinajstić information content (AvgIpc) is 2.48. The van der Waals surface area contributed by atoms with Crippen LogP contribution in [0.4, 0.5) is 5.69 Å². The van der Waals surface area contributed by atoms with E-state index in [1.807, 2.05) is 37.3 Å². The minimum absolute atomic E-state index is 0.263. The Kier molecular flexibility index (Phi) is 4.42. The fraction of sp³-hybridized carbons (Fsp3) is 0.200. The van der Waals surface area contributed by atoms with Gasteiger partial charge in [0.15, 0.2) is 0 Å². The molecule has 0 spiro atoms. The number of anilines is 1. The maximum atomic E-state index is 12.3. The summed E-state index contributed by atoms with van der Waals surface area (Å²) in [6.07, 6.45) is 0. The molecule has 106 valence electrons. The highest BCUT2D eigenvalue weighted by atomic mass is 32.2. The highest BCUT2D eigenvalue weighted by molar-refractivity contribution is 7.89. The standard InChI is InChI=1S/C15H18N2O2S/c1-12(13-6-4-3-5-7-13)17-20(18,19)15-10-8-14(16-2)9-11-15/h3-12,16-17H,1-2H3. The average molecular weight is 290 g/mol. The molecule has 0 heterocycles. The van der Waals surface area contributed by atoms with Crippen molar-refractivity contribution in [3.8, 4) is 0 Å². The van der Waals surface area contributed by atoms with Gasteiger partial charge in [0.05, 0.1) is 4.90 Å². The lowest BCUT2D eigenvalue weighted by molar-refractivity contribution is 0.567. The quantitative estimate of drug-likeness (QED) is 0.890. The van der Waals surface area contributed by atoms with Crippen molar-refractivity contribution >= 4 is 15.7 Å². The molecule has 20 heavy (non-hydrogen) atoms. The van der Waals surface area contributed by atoms with Crippen molar-refractivity contribution < 1.29 is 8.42 Å². The van der Waals surface area contributed by atoms with Gasteiger partial charge < -0.3 is 5.32 Å². The van der Waals surface area contributed by atoms with Gasteiger partial charge in [-0.2, -0.15) is 0 Å². The molecular weight excluding hydrogens is 272 g/mol. The van der Waals surface area contributed by atoms with Gasteiger partial charge in [0.2, 0.25) is 10.0 Å². The van der Waals surface area contributed by atoms with E-state index < -0.39 is 10.0 Å². The van der Waals surface area contributed by atoms with E-state index in [-0.39, 0.29) is 10.9 Å². The highest BCUT2D eigenvalue weighted by Crippen LogP contribution is 2.18. The molecule has 0 aliphatic carbocycles. The molecule has 0 saturated heterocycles. The Morgan fingerprint density at radius 3 is 2.10 bits per heavy atom. The Morgan fingerprint density at radius 2 is 1.55 bits per heavy atom. The van der Waals surface area contributed by atoms with Crippen molar-refractivity contribution in [3.05, 3.63) is 60.2 Å². The summed E-state index contributed by atoms with van der Waals surface area (Å²) in [4.78, 5) is 0.263. The lowest BCUT2D eigenvalue weighted by atomic mass is 10.1. The summed E-state index contributed by atoms with van der Waals surface area (Å²) in [7, 11) is -1.72. The zero-order valence-corrected chi connectivity index (χ0v) is 12.3. The molecule has 0 bridgehead atoms. The van der Waals surface area contributed by atoms with Crippen LogP contribution in [0, 0.1) is 0 Å². The Hall–Kier alpha value is -1.85. The van der Waals surface area contributed by atoms with E-state index in [2.05, 4.69) is 10.0 Å².